The van der Waals surface area contributed by atoms with Crippen molar-refractivity contribution in [3.63, 3.8) is 0 Å². The Labute approximate surface area is 192 Å². The maximum absolute atomic E-state index is 8.35. The molecule has 168 valence electrons. The molecule has 33 heavy (non-hydrogen) atoms. The molecule has 7 heteroatoms. The molecule has 0 unspecified atom stereocenters. The second kappa shape index (κ2) is 9.91. The first-order chi connectivity index (χ1) is 16.1. The van der Waals surface area contributed by atoms with Gasteiger partial charge in [0.25, 0.3) is 5.75 Å². The van der Waals surface area contributed by atoms with Gasteiger partial charge in [0.2, 0.25) is 5.75 Å². The van der Waals surface area contributed by atoms with Crippen LogP contribution in [0.3, 0.4) is 0 Å². The van der Waals surface area contributed by atoms with Crippen molar-refractivity contribution in [3.05, 3.63) is 89.5 Å². The summed E-state index contributed by atoms with van der Waals surface area (Å²) in [6.45, 7) is 0.424. The molecule has 4 rings (SSSR count). The van der Waals surface area contributed by atoms with Crippen LogP contribution >= 0.6 is 0 Å². The van der Waals surface area contributed by atoms with E-state index in [0.717, 1.165) is 22.4 Å². The summed E-state index contributed by atoms with van der Waals surface area (Å²) in [5, 5.41) is 11.8. The molecule has 1 aliphatic rings. The molecule has 0 aliphatic carbocycles. The van der Waals surface area contributed by atoms with Gasteiger partial charge in [-0.15, -0.1) is 0 Å². The van der Waals surface area contributed by atoms with E-state index in [0.29, 0.717) is 41.2 Å². The Kier molecular flexibility index (Phi) is 6.59. The normalized spacial score (nSPS) is 15.1. The van der Waals surface area contributed by atoms with Gasteiger partial charge in [-0.3, -0.25) is 4.99 Å². The highest BCUT2D eigenvalue weighted by molar-refractivity contribution is 6.14. The van der Waals surface area contributed by atoms with Crippen LogP contribution in [0.15, 0.2) is 82.8 Å². The van der Waals surface area contributed by atoms with E-state index >= 15 is 0 Å². The van der Waals surface area contributed by atoms with Crippen LogP contribution in [0.4, 0.5) is 0 Å². The second-order valence-electron chi connectivity index (χ2n) is 7.19. The highest BCUT2D eigenvalue weighted by atomic mass is 16.5. The van der Waals surface area contributed by atoms with E-state index < -0.39 is 0 Å². The molecule has 1 aliphatic heterocycles. The molecular formula is C26H26N3O4+. The van der Waals surface area contributed by atoms with Crippen LogP contribution in [0.1, 0.15) is 16.7 Å². The molecule has 0 spiro atoms. The Morgan fingerprint density at radius 3 is 2.12 bits per heavy atom. The SMILES string of the molecule is COc1cc(C2=NC(c3ccccc3)=NC/C=C(/c3ccccc3[OH2+])N2)cc(OC)c1OC. The molecule has 0 bridgehead atoms. The maximum atomic E-state index is 8.35. The van der Waals surface area contributed by atoms with Gasteiger partial charge in [-0.2, -0.15) is 0 Å². The van der Waals surface area contributed by atoms with Crippen molar-refractivity contribution in [1.29, 1.82) is 0 Å². The van der Waals surface area contributed by atoms with Crippen LogP contribution in [0, 0.1) is 0 Å². The molecule has 3 N–H and O–H groups in total. The number of para-hydroxylation sites is 1. The summed E-state index contributed by atoms with van der Waals surface area (Å²) in [4.78, 5) is 9.61. The Hall–Kier alpha value is -4.26. The molecule has 0 saturated carbocycles. The van der Waals surface area contributed by atoms with E-state index in [1.807, 2.05) is 66.7 Å². The third-order valence-corrected chi connectivity index (χ3v) is 5.19. The number of methoxy groups -OCH3 is 3. The summed E-state index contributed by atoms with van der Waals surface area (Å²) in [7, 11) is 4.72. The van der Waals surface area contributed by atoms with Gasteiger partial charge >= 0.3 is 0 Å². The smallest absolute Gasteiger partial charge is 0.263 e. The van der Waals surface area contributed by atoms with Crippen LogP contribution < -0.4 is 19.5 Å². The lowest BCUT2D eigenvalue weighted by molar-refractivity contribution is 0.324. The number of ether oxygens (including phenoxy) is 3. The fraction of sp³-hybridized carbons (Fsp3) is 0.154. The molecule has 0 radical (unpaired) electrons. The first-order valence-corrected chi connectivity index (χ1v) is 10.4. The number of aliphatic imine (C=N–C) groups is 2. The van der Waals surface area contributed by atoms with Crippen molar-refractivity contribution in [3.8, 4) is 23.0 Å². The third-order valence-electron chi connectivity index (χ3n) is 5.19. The number of amidine groups is 2. The average molecular weight is 445 g/mol. The van der Waals surface area contributed by atoms with Crippen LogP contribution in [-0.2, 0) is 0 Å². The lowest BCUT2D eigenvalue weighted by Crippen LogP contribution is -2.26. The molecule has 0 fully saturated rings. The zero-order chi connectivity index (χ0) is 23.2. The average Bonchev–Trinajstić information content (AvgIpc) is 2.84. The van der Waals surface area contributed by atoms with Crippen molar-refractivity contribution in [2.75, 3.05) is 27.9 Å². The van der Waals surface area contributed by atoms with E-state index in [1.165, 1.54) is 0 Å². The van der Waals surface area contributed by atoms with Crippen LogP contribution in [0.5, 0.6) is 23.0 Å². The van der Waals surface area contributed by atoms with Crippen LogP contribution in [0.2, 0.25) is 0 Å². The Bertz CT molecular complexity index is 1210. The monoisotopic (exact) mass is 444 g/mol. The number of hydrogen-bond acceptors (Lipinski definition) is 6. The van der Waals surface area contributed by atoms with E-state index in [4.69, 9.17) is 29.3 Å². The summed E-state index contributed by atoms with van der Waals surface area (Å²) in [5.41, 5.74) is 3.14. The van der Waals surface area contributed by atoms with Crippen LogP contribution in [-0.4, -0.2) is 44.7 Å². The second-order valence-corrected chi connectivity index (χ2v) is 7.19. The summed E-state index contributed by atoms with van der Waals surface area (Å²) >= 11 is 0. The minimum Gasteiger partial charge on any atom is -0.593 e. The Morgan fingerprint density at radius 1 is 0.818 bits per heavy atom. The van der Waals surface area contributed by atoms with E-state index in [2.05, 4.69) is 5.32 Å². The predicted molar refractivity (Wildman–Crippen MR) is 131 cm³/mol. The molecule has 0 atom stereocenters. The standard InChI is InChI=1S/C26H25N3O4/c1-31-22-15-18(16-23(32-2)24(22)33-3)26-28-20(19-11-7-8-12-21(19)30)13-14-27-25(29-26)17-9-5-4-6-10-17/h4-13,15-16,30H,14H2,1-3H3,(H,27,28,29)/p+1/b20-13-. The van der Waals surface area contributed by atoms with Crippen molar-refractivity contribution in [2.45, 2.75) is 0 Å². The maximum Gasteiger partial charge on any atom is 0.263 e. The van der Waals surface area contributed by atoms with Gasteiger partial charge in [0.15, 0.2) is 17.3 Å². The first kappa shape index (κ1) is 22.0. The zero-order valence-electron chi connectivity index (χ0n) is 18.8. The summed E-state index contributed by atoms with van der Waals surface area (Å²) in [5.74, 6) is 3.09. The van der Waals surface area contributed by atoms with E-state index in [-0.39, 0.29) is 0 Å². The lowest BCUT2D eigenvalue weighted by Gasteiger charge is -2.19. The van der Waals surface area contributed by atoms with Crippen molar-refractivity contribution >= 4 is 17.4 Å². The van der Waals surface area contributed by atoms with Gasteiger partial charge in [0, 0.05) is 17.2 Å². The molecule has 3 aromatic rings. The molecule has 0 aromatic heterocycles. The van der Waals surface area contributed by atoms with Gasteiger partial charge in [-0.1, -0.05) is 42.5 Å². The van der Waals surface area contributed by atoms with Crippen molar-refractivity contribution in [1.82, 2.24) is 5.32 Å². The highest BCUT2D eigenvalue weighted by Crippen LogP contribution is 2.38. The molecule has 1 heterocycles. The number of nitrogens with one attached hydrogen (secondary N) is 1. The summed E-state index contributed by atoms with van der Waals surface area (Å²) in [6, 6.07) is 20.9. The van der Waals surface area contributed by atoms with Gasteiger partial charge < -0.3 is 24.6 Å². The first-order valence-electron chi connectivity index (χ1n) is 10.4. The quantitative estimate of drug-likeness (QED) is 0.583. The number of hydrogen-bond donors (Lipinski definition) is 1. The lowest BCUT2D eigenvalue weighted by atomic mass is 10.1. The van der Waals surface area contributed by atoms with E-state index in [9.17, 15) is 0 Å². The minimum absolute atomic E-state index is 0.410. The van der Waals surface area contributed by atoms with Gasteiger partial charge in [0.05, 0.1) is 39.1 Å². The zero-order valence-corrected chi connectivity index (χ0v) is 18.8. The molecule has 0 amide bonds. The van der Waals surface area contributed by atoms with Gasteiger partial charge in [-0.25, -0.2) is 4.99 Å². The number of nitrogens with zero attached hydrogens (tertiary/aromatic N) is 2. The number of benzene rings is 3. The van der Waals surface area contributed by atoms with Gasteiger partial charge in [0.1, 0.15) is 5.84 Å². The van der Waals surface area contributed by atoms with Crippen molar-refractivity contribution < 1.29 is 19.3 Å². The highest BCUT2D eigenvalue weighted by Gasteiger charge is 2.20. The summed E-state index contributed by atoms with van der Waals surface area (Å²) in [6.07, 6.45) is 1.96. The Balaban J connectivity index is 1.88. The largest absolute Gasteiger partial charge is 0.593 e. The van der Waals surface area contributed by atoms with Crippen LogP contribution in [0.25, 0.3) is 5.70 Å². The van der Waals surface area contributed by atoms with Gasteiger partial charge in [-0.05, 0) is 24.3 Å². The van der Waals surface area contributed by atoms with Crippen molar-refractivity contribution in [2.24, 2.45) is 9.98 Å². The predicted octanol–water partition coefficient (Wildman–Crippen LogP) is 3.99. The summed E-state index contributed by atoms with van der Waals surface area (Å²) < 4.78 is 16.6. The van der Waals surface area contributed by atoms with E-state index in [1.54, 1.807) is 27.4 Å². The fourth-order valence-corrected chi connectivity index (χ4v) is 3.56. The number of rotatable bonds is 6. The fourth-order valence-electron chi connectivity index (χ4n) is 3.56. The molecule has 7 nitrogen and oxygen atoms in total. The minimum atomic E-state index is 0.410. The molecule has 0 saturated heterocycles. The topological polar surface area (TPSA) is 87.3 Å². The molecular weight excluding hydrogens is 418 g/mol. The molecule has 3 aromatic carbocycles. The third kappa shape index (κ3) is 4.67. The Morgan fingerprint density at radius 2 is 1.48 bits per heavy atom.